The van der Waals surface area contributed by atoms with E-state index >= 15 is 0 Å². The van der Waals surface area contributed by atoms with E-state index < -0.39 is 9.84 Å². The highest BCUT2D eigenvalue weighted by Gasteiger charge is 2.35. The van der Waals surface area contributed by atoms with Crippen LogP contribution in [0.3, 0.4) is 0 Å². The molecule has 146 valence electrons. The Bertz CT molecular complexity index is 1110. The van der Waals surface area contributed by atoms with Crippen molar-refractivity contribution in [1.29, 1.82) is 0 Å². The van der Waals surface area contributed by atoms with Crippen LogP contribution in [-0.4, -0.2) is 42.2 Å². The smallest absolute Gasteiger partial charge is 0.194 e. The van der Waals surface area contributed by atoms with E-state index in [4.69, 9.17) is 0 Å². The van der Waals surface area contributed by atoms with Gasteiger partial charge in [-0.1, -0.05) is 25.1 Å². The maximum Gasteiger partial charge on any atom is 0.194 e. The molecule has 0 saturated carbocycles. The third kappa shape index (κ3) is 3.42. The fourth-order valence-electron chi connectivity index (χ4n) is 3.50. The largest absolute Gasteiger partial charge is 0.345 e. The number of H-pyrrole nitrogens is 1. The molecule has 1 atom stereocenters. The summed E-state index contributed by atoms with van der Waals surface area (Å²) in [6, 6.07) is 11.1. The molecule has 0 spiro atoms. The van der Waals surface area contributed by atoms with Gasteiger partial charge in [0, 0.05) is 29.4 Å². The van der Waals surface area contributed by atoms with Crippen LogP contribution >= 0.6 is 11.9 Å². The molecule has 8 heteroatoms. The second kappa shape index (κ2) is 7.60. The minimum Gasteiger partial charge on any atom is -0.345 e. The third-order valence-electron chi connectivity index (χ3n) is 4.82. The van der Waals surface area contributed by atoms with Gasteiger partial charge in [-0.15, -0.1) is 0 Å². The quantitative estimate of drug-likeness (QED) is 0.488. The molecule has 1 aromatic carbocycles. The second-order valence-electron chi connectivity index (χ2n) is 6.82. The van der Waals surface area contributed by atoms with Crippen LogP contribution in [0.15, 0.2) is 53.8 Å². The summed E-state index contributed by atoms with van der Waals surface area (Å²) in [4.78, 5) is 20.6. The summed E-state index contributed by atoms with van der Waals surface area (Å²) in [7, 11) is -3.55. The Balaban J connectivity index is 1.71. The first-order valence-corrected chi connectivity index (χ1v) is 11.8. The van der Waals surface area contributed by atoms with Gasteiger partial charge in [0.15, 0.2) is 15.6 Å². The van der Waals surface area contributed by atoms with Gasteiger partial charge in [-0.05, 0) is 36.6 Å². The third-order valence-corrected chi connectivity index (χ3v) is 7.92. The van der Waals surface area contributed by atoms with Crippen LogP contribution in [0.2, 0.25) is 0 Å². The predicted octanol–water partition coefficient (Wildman–Crippen LogP) is 3.71. The van der Waals surface area contributed by atoms with Crippen molar-refractivity contribution in [2.75, 3.05) is 22.4 Å². The zero-order valence-corrected chi connectivity index (χ0v) is 17.1. The normalized spacial score (nSPS) is 17.3. The molecule has 4 rings (SSSR count). The molecule has 1 aliphatic heterocycles. The molecule has 0 amide bonds. The topological polar surface area (TPSA) is 83.1 Å². The molecule has 1 N–H and O–H groups in total. The van der Waals surface area contributed by atoms with Crippen LogP contribution in [0.1, 0.15) is 23.7 Å². The Morgan fingerprint density at radius 3 is 2.86 bits per heavy atom. The van der Waals surface area contributed by atoms with Crippen molar-refractivity contribution in [2.45, 2.75) is 18.4 Å². The number of ketones is 1. The van der Waals surface area contributed by atoms with Gasteiger partial charge in [-0.25, -0.2) is 8.42 Å². The maximum absolute atomic E-state index is 13.4. The monoisotopic (exact) mass is 415 g/mol. The van der Waals surface area contributed by atoms with E-state index in [1.54, 1.807) is 24.3 Å². The van der Waals surface area contributed by atoms with Crippen molar-refractivity contribution < 1.29 is 13.2 Å². The summed E-state index contributed by atoms with van der Waals surface area (Å²) in [5, 5.41) is 0.734. The Morgan fingerprint density at radius 1 is 1.29 bits per heavy atom. The maximum atomic E-state index is 13.4. The van der Waals surface area contributed by atoms with Gasteiger partial charge >= 0.3 is 0 Å². The van der Waals surface area contributed by atoms with Crippen LogP contribution in [0.5, 0.6) is 0 Å². The van der Waals surface area contributed by atoms with Crippen molar-refractivity contribution in [2.24, 2.45) is 5.92 Å². The molecular formula is C20H21N3O3S2. The number of hydrogen-bond donors (Lipinski definition) is 1. The number of carbonyl (C=O) groups is 1. The van der Waals surface area contributed by atoms with Gasteiger partial charge in [0.05, 0.1) is 29.1 Å². The van der Waals surface area contributed by atoms with E-state index in [0.717, 1.165) is 5.69 Å². The molecule has 28 heavy (non-hydrogen) atoms. The first kappa shape index (κ1) is 19.0. The van der Waals surface area contributed by atoms with Crippen molar-refractivity contribution in [1.82, 2.24) is 9.97 Å². The van der Waals surface area contributed by atoms with Crippen LogP contribution in [0.4, 0.5) is 5.69 Å². The fraction of sp³-hybridized carbons (Fsp3) is 0.300. The minimum atomic E-state index is -3.55. The SMILES string of the molecule is CCCS(=O)(=O)c1[nH]c2ccccc2c1C(=O)C1CSN(c2cccnc2)C1. The van der Waals surface area contributed by atoms with E-state index in [-0.39, 0.29) is 22.5 Å². The van der Waals surface area contributed by atoms with Gasteiger partial charge in [-0.3, -0.25) is 9.78 Å². The lowest BCUT2D eigenvalue weighted by Gasteiger charge is -2.16. The number of hydrogen-bond acceptors (Lipinski definition) is 6. The summed E-state index contributed by atoms with van der Waals surface area (Å²) >= 11 is 1.57. The van der Waals surface area contributed by atoms with Crippen LogP contribution < -0.4 is 4.31 Å². The molecule has 1 unspecified atom stereocenters. The van der Waals surface area contributed by atoms with Crippen molar-refractivity contribution in [3.63, 3.8) is 0 Å². The van der Waals surface area contributed by atoms with Gasteiger partial charge in [0.1, 0.15) is 5.03 Å². The lowest BCUT2D eigenvalue weighted by Crippen LogP contribution is -2.23. The number of anilines is 1. The Labute approximate surface area is 168 Å². The molecule has 3 aromatic rings. The molecule has 6 nitrogen and oxygen atoms in total. The van der Waals surface area contributed by atoms with E-state index in [2.05, 4.69) is 9.97 Å². The van der Waals surface area contributed by atoms with E-state index in [9.17, 15) is 13.2 Å². The highest BCUT2D eigenvalue weighted by atomic mass is 32.2. The first-order chi connectivity index (χ1) is 13.5. The zero-order chi connectivity index (χ0) is 19.7. The molecule has 1 fully saturated rings. The number of Topliss-reactive ketones (excluding diaryl/α,β-unsaturated/α-hetero) is 1. The van der Waals surface area contributed by atoms with E-state index in [0.29, 0.717) is 35.2 Å². The first-order valence-electron chi connectivity index (χ1n) is 9.19. The number of aromatic amines is 1. The Morgan fingerprint density at radius 2 is 2.11 bits per heavy atom. The lowest BCUT2D eigenvalue weighted by molar-refractivity contribution is 0.0938. The average Bonchev–Trinajstić information content (AvgIpc) is 3.34. The zero-order valence-electron chi connectivity index (χ0n) is 15.5. The van der Waals surface area contributed by atoms with Crippen molar-refractivity contribution in [3.05, 3.63) is 54.4 Å². The van der Waals surface area contributed by atoms with Gasteiger partial charge in [0.2, 0.25) is 0 Å². The summed E-state index contributed by atoms with van der Waals surface area (Å²) in [5.74, 6) is 0.230. The van der Waals surface area contributed by atoms with Gasteiger partial charge < -0.3 is 9.29 Å². The standard InChI is InChI=1S/C20H21N3O3S2/c1-2-10-28(25,26)20-18(16-7-3-4-8-17(16)22-20)19(24)14-12-23(27-13-14)15-6-5-9-21-11-15/h3-9,11,14,22H,2,10,12-13H2,1H3. The number of carbonyl (C=O) groups excluding carboxylic acids is 1. The molecule has 2 aromatic heterocycles. The second-order valence-corrected chi connectivity index (χ2v) is 9.90. The number of nitrogens with zero attached hydrogens (tertiary/aromatic N) is 2. The summed E-state index contributed by atoms with van der Waals surface area (Å²) in [6.45, 7) is 2.35. The number of sulfone groups is 1. The summed E-state index contributed by atoms with van der Waals surface area (Å²) in [6.07, 6.45) is 3.98. The number of nitrogens with one attached hydrogen (secondary N) is 1. The van der Waals surface area contributed by atoms with E-state index in [1.807, 2.05) is 47.6 Å². The van der Waals surface area contributed by atoms with E-state index in [1.165, 1.54) is 0 Å². The number of benzene rings is 1. The number of fused-ring (bicyclic) bond motifs is 1. The van der Waals surface area contributed by atoms with Crippen LogP contribution in [0, 0.1) is 5.92 Å². The lowest BCUT2D eigenvalue weighted by atomic mass is 9.98. The van der Waals surface area contributed by atoms with Crippen LogP contribution in [0.25, 0.3) is 10.9 Å². The molecule has 3 heterocycles. The number of pyridine rings is 1. The number of rotatable bonds is 6. The fourth-order valence-corrected chi connectivity index (χ4v) is 6.18. The number of aromatic nitrogens is 2. The molecule has 0 bridgehead atoms. The van der Waals surface area contributed by atoms with Gasteiger partial charge in [-0.2, -0.15) is 0 Å². The van der Waals surface area contributed by atoms with Gasteiger partial charge in [0.25, 0.3) is 0 Å². The molecule has 1 aliphatic rings. The molecular weight excluding hydrogens is 394 g/mol. The Hall–Kier alpha value is -2.32. The predicted molar refractivity (Wildman–Crippen MR) is 113 cm³/mol. The van der Waals surface area contributed by atoms with Crippen molar-refractivity contribution in [3.8, 4) is 0 Å². The van der Waals surface area contributed by atoms with Crippen molar-refractivity contribution >= 4 is 44.2 Å². The highest BCUT2D eigenvalue weighted by molar-refractivity contribution is 8.01. The molecule has 0 radical (unpaired) electrons. The summed E-state index contributed by atoms with van der Waals surface area (Å²) in [5.41, 5.74) is 1.93. The van der Waals surface area contributed by atoms with Crippen LogP contribution in [-0.2, 0) is 9.84 Å². The molecule has 0 aliphatic carbocycles. The average molecular weight is 416 g/mol. The highest BCUT2D eigenvalue weighted by Crippen LogP contribution is 2.35. The minimum absolute atomic E-state index is 0.0152. The summed E-state index contributed by atoms with van der Waals surface area (Å²) < 4.78 is 27.7. The molecule has 1 saturated heterocycles. The Kier molecular flexibility index (Phi) is 5.16. The number of para-hydroxylation sites is 1.